The lowest BCUT2D eigenvalue weighted by atomic mass is 9.49. The van der Waals surface area contributed by atoms with Crippen molar-refractivity contribution in [3.63, 3.8) is 0 Å². The molecule has 23 heavy (non-hydrogen) atoms. The van der Waals surface area contributed by atoms with Gasteiger partial charge >= 0.3 is 0 Å². The SMILES string of the molecule is CC(=O)[C@H]1CC2(C1)C[C@H](N1CCC(N3CCN(C)CC3)CC1)C2. The smallest absolute Gasteiger partial charge is 0.132 e. The number of likely N-dealkylation sites (N-methyl/N-ethyl adjacent to an activating group) is 1. The van der Waals surface area contributed by atoms with E-state index in [-0.39, 0.29) is 0 Å². The van der Waals surface area contributed by atoms with Gasteiger partial charge in [0.2, 0.25) is 0 Å². The molecule has 4 fully saturated rings. The summed E-state index contributed by atoms with van der Waals surface area (Å²) in [5.41, 5.74) is 0.579. The lowest BCUT2D eigenvalue weighted by molar-refractivity contribution is -0.140. The molecular weight excluding hydrogens is 286 g/mol. The molecule has 4 nitrogen and oxygen atoms in total. The Labute approximate surface area is 141 Å². The molecule has 130 valence electrons. The molecule has 2 saturated carbocycles. The topological polar surface area (TPSA) is 26.8 Å². The van der Waals surface area contributed by atoms with Gasteiger partial charge in [-0.2, -0.15) is 0 Å². The van der Waals surface area contributed by atoms with Gasteiger partial charge in [-0.25, -0.2) is 0 Å². The summed E-state index contributed by atoms with van der Waals surface area (Å²) in [6.45, 7) is 9.38. The molecule has 4 aliphatic rings. The lowest BCUT2D eigenvalue weighted by Crippen LogP contribution is -2.60. The molecule has 4 heteroatoms. The zero-order valence-electron chi connectivity index (χ0n) is 15.0. The number of hydrogen-bond donors (Lipinski definition) is 0. The highest BCUT2D eigenvalue weighted by molar-refractivity contribution is 5.79. The Kier molecular flexibility index (Phi) is 4.27. The number of carbonyl (C=O) groups excluding carboxylic acids is 1. The lowest BCUT2D eigenvalue weighted by Gasteiger charge is -2.60. The second-order valence-electron chi connectivity index (χ2n) is 8.88. The normalized spacial score (nSPS) is 40.8. The number of hydrogen-bond acceptors (Lipinski definition) is 4. The monoisotopic (exact) mass is 319 g/mol. The van der Waals surface area contributed by atoms with Crippen LogP contribution >= 0.6 is 0 Å². The van der Waals surface area contributed by atoms with Crippen LogP contribution in [0, 0.1) is 11.3 Å². The van der Waals surface area contributed by atoms with Crippen LogP contribution in [0.25, 0.3) is 0 Å². The molecule has 0 radical (unpaired) electrons. The van der Waals surface area contributed by atoms with E-state index in [0.717, 1.165) is 12.1 Å². The Balaban J connectivity index is 1.19. The molecule has 1 spiro atoms. The third kappa shape index (κ3) is 3.10. The van der Waals surface area contributed by atoms with Gasteiger partial charge in [-0.1, -0.05) is 0 Å². The molecule has 2 aliphatic heterocycles. The first-order valence-electron chi connectivity index (χ1n) is 9.72. The number of piperidine rings is 1. The van der Waals surface area contributed by atoms with Crippen LogP contribution in [0.3, 0.4) is 0 Å². The van der Waals surface area contributed by atoms with E-state index in [9.17, 15) is 4.79 Å². The second kappa shape index (κ2) is 6.12. The van der Waals surface area contributed by atoms with Crippen molar-refractivity contribution < 1.29 is 4.79 Å². The van der Waals surface area contributed by atoms with Crippen LogP contribution in [-0.4, -0.2) is 78.9 Å². The first kappa shape index (κ1) is 16.0. The van der Waals surface area contributed by atoms with E-state index in [1.54, 1.807) is 6.92 Å². The molecule has 0 atom stereocenters. The van der Waals surface area contributed by atoms with Gasteiger partial charge in [-0.3, -0.25) is 9.69 Å². The predicted molar refractivity (Wildman–Crippen MR) is 92.5 cm³/mol. The largest absolute Gasteiger partial charge is 0.304 e. The Bertz CT molecular complexity index is 436. The molecule has 4 rings (SSSR count). The van der Waals surface area contributed by atoms with Crippen molar-refractivity contribution >= 4 is 5.78 Å². The number of rotatable bonds is 3. The zero-order chi connectivity index (χ0) is 16.0. The zero-order valence-corrected chi connectivity index (χ0v) is 15.0. The minimum atomic E-state index is 0.402. The van der Waals surface area contributed by atoms with Gasteiger partial charge < -0.3 is 9.80 Å². The molecule has 2 heterocycles. The third-order valence-electron chi connectivity index (χ3n) is 7.34. The van der Waals surface area contributed by atoms with Crippen molar-refractivity contribution in [1.29, 1.82) is 0 Å². The van der Waals surface area contributed by atoms with E-state index in [4.69, 9.17) is 0 Å². The fraction of sp³-hybridized carbons (Fsp3) is 0.947. The van der Waals surface area contributed by atoms with Gasteiger partial charge in [0, 0.05) is 44.2 Å². The van der Waals surface area contributed by atoms with Gasteiger partial charge in [-0.15, -0.1) is 0 Å². The van der Waals surface area contributed by atoms with Crippen LogP contribution in [-0.2, 0) is 4.79 Å². The summed E-state index contributed by atoms with van der Waals surface area (Å²) in [7, 11) is 2.24. The standard InChI is InChI=1S/C19H33N3O/c1-15(23)16-11-19(12-16)13-18(14-19)21-5-3-17(4-6-21)22-9-7-20(2)8-10-22/h16-18H,3-14H2,1-2H3/t16-,18-,19?. The maximum Gasteiger partial charge on any atom is 0.132 e. The number of Topliss-reactive ketones (excluding diaryl/α,β-unsaturated/α-hetero) is 1. The minimum Gasteiger partial charge on any atom is -0.304 e. The van der Waals surface area contributed by atoms with Gasteiger partial charge in [-0.05, 0) is 71.0 Å². The summed E-state index contributed by atoms with van der Waals surface area (Å²) in [6, 6.07) is 1.66. The van der Waals surface area contributed by atoms with Gasteiger partial charge in [0.25, 0.3) is 0 Å². The summed E-state index contributed by atoms with van der Waals surface area (Å²) in [6.07, 6.45) is 7.85. The Morgan fingerprint density at radius 2 is 1.39 bits per heavy atom. The van der Waals surface area contributed by atoms with Crippen LogP contribution < -0.4 is 0 Å². The van der Waals surface area contributed by atoms with Gasteiger partial charge in [0.1, 0.15) is 5.78 Å². The first-order valence-corrected chi connectivity index (χ1v) is 9.72. The van der Waals surface area contributed by atoms with Gasteiger partial charge in [0.15, 0.2) is 0 Å². The van der Waals surface area contributed by atoms with Crippen molar-refractivity contribution in [1.82, 2.24) is 14.7 Å². The number of nitrogens with zero attached hydrogens (tertiary/aromatic N) is 3. The third-order valence-corrected chi connectivity index (χ3v) is 7.34. The molecular formula is C19H33N3O. The number of ketones is 1. The van der Waals surface area contributed by atoms with Crippen LogP contribution in [0.5, 0.6) is 0 Å². The average molecular weight is 319 g/mol. The van der Waals surface area contributed by atoms with E-state index in [0.29, 0.717) is 17.1 Å². The maximum absolute atomic E-state index is 11.4. The van der Waals surface area contributed by atoms with E-state index in [1.807, 2.05) is 0 Å². The molecule has 0 unspecified atom stereocenters. The Morgan fingerprint density at radius 1 is 0.826 bits per heavy atom. The molecule has 0 bridgehead atoms. The fourth-order valence-corrected chi connectivity index (χ4v) is 5.61. The molecule has 0 aromatic rings. The summed E-state index contributed by atoms with van der Waals surface area (Å²) in [5.74, 6) is 0.825. The molecule has 0 amide bonds. The Hall–Kier alpha value is -0.450. The quantitative estimate of drug-likeness (QED) is 0.793. The molecule has 0 N–H and O–H groups in total. The summed E-state index contributed by atoms with van der Waals surface area (Å²) < 4.78 is 0. The summed E-state index contributed by atoms with van der Waals surface area (Å²) in [4.78, 5) is 19.4. The highest BCUT2D eigenvalue weighted by Gasteiger charge is 2.55. The number of likely N-dealkylation sites (tertiary alicyclic amines) is 1. The van der Waals surface area contributed by atoms with Crippen LogP contribution in [0.4, 0.5) is 0 Å². The fourth-order valence-electron chi connectivity index (χ4n) is 5.61. The number of piperazine rings is 1. The highest BCUT2D eigenvalue weighted by atomic mass is 16.1. The van der Waals surface area contributed by atoms with Crippen LogP contribution in [0.1, 0.15) is 45.4 Å². The molecule has 2 saturated heterocycles. The summed E-state index contributed by atoms with van der Waals surface area (Å²) in [5, 5.41) is 0. The van der Waals surface area contributed by atoms with Crippen molar-refractivity contribution in [2.24, 2.45) is 11.3 Å². The minimum absolute atomic E-state index is 0.402. The van der Waals surface area contributed by atoms with Gasteiger partial charge in [0.05, 0.1) is 0 Å². The molecule has 0 aromatic heterocycles. The van der Waals surface area contributed by atoms with E-state index >= 15 is 0 Å². The average Bonchev–Trinajstić information content (AvgIpc) is 2.45. The van der Waals surface area contributed by atoms with E-state index < -0.39 is 0 Å². The van der Waals surface area contributed by atoms with Crippen molar-refractivity contribution in [3.8, 4) is 0 Å². The van der Waals surface area contributed by atoms with Crippen LogP contribution in [0.15, 0.2) is 0 Å². The summed E-state index contributed by atoms with van der Waals surface area (Å²) >= 11 is 0. The number of carbonyl (C=O) groups is 1. The Morgan fingerprint density at radius 3 is 1.96 bits per heavy atom. The van der Waals surface area contributed by atoms with E-state index in [2.05, 4.69) is 21.7 Å². The first-order chi connectivity index (χ1) is 11.0. The van der Waals surface area contributed by atoms with Crippen molar-refractivity contribution in [2.75, 3.05) is 46.3 Å². The maximum atomic E-state index is 11.4. The van der Waals surface area contributed by atoms with Crippen molar-refractivity contribution in [3.05, 3.63) is 0 Å². The molecule has 0 aromatic carbocycles. The predicted octanol–water partition coefficient (Wildman–Crippen LogP) is 1.85. The second-order valence-corrected chi connectivity index (χ2v) is 8.88. The highest BCUT2D eigenvalue weighted by Crippen LogP contribution is 2.60. The molecule has 2 aliphatic carbocycles. The van der Waals surface area contributed by atoms with E-state index in [1.165, 1.54) is 77.8 Å². The van der Waals surface area contributed by atoms with Crippen molar-refractivity contribution in [2.45, 2.75) is 57.5 Å². The van der Waals surface area contributed by atoms with Crippen LogP contribution in [0.2, 0.25) is 0 Å².